The molecule has 1 atom stereocenters. The Kier molecular flexibility index (Phi) is 8.10. The van der Waals surface area contributed by atoms with Crippen LogP contribution in [0.15, 0.2) is 66.9 Å². The molecule has 1 aromatic heterocycles. The van der Waals surface area contributed by atoms with Crippen molar-refractivity contribution in [1.82, 2.24) is 9.27 Å². The van der Waals surface area contributed by atoms with Crippen LogP contribution in [0.25, 0.3) is 21.2 Å². The molecule has 1 fully saturated rings. The molecular weight excluding hydrogens is 495 g/mol. The Morgan fingerprint density at radius 1 is 1.03 bits per heavy atom. The number of allylic oxidation sites excluding steroid dienone is 1. The lowest BCUT2D eigenvalue weighted by atomic mass is 9.87. The number of hydrogen-bond donors (Lipinski definition) is 1. The predicted molar refractivity (Wildman–Crippen MR) is 156 cm³/mol. The van der Waals surface area contributed by atoms with E-state index < -0.39 is 0 Å². The molecule has 38 heavy (non-hydrogen) atoms. The van der Waals surface area contributed by atoms with Crippen molar-refractivity contribution in [3.8, 4) is 11.5 Å². The highest BCUT2D eigenvalue weighted by atomic mass is 32.1. The number of likely N-dealkylation sites (tertiary alicyclic amines) is 1. The Bertz CT molecular complexity index is 1430. The van der Waals surface area contributed by atoms with Gasteiger partial charge in [-0.15, -0.1) is 0 Å². The lowest BCUT2D eigenvalue weighted by molar-refractivity contribution is 0.198. The van der Waals surface area contributed by atoms with Crippen LogP contribution in [-0.2, 0) is 6.42 Å². The van der Waals surface area contributed by atoms with Gasteiger partial charge in [0.25, 0.3) is 0 Å². The molecule has 2 aliphatic rings. The van der Waals surface area contributed by atoms with Crippen LogP contribution >= 0.6 is 11.5 Å². The Balaban J connectivity index is 0.00000294. The second kappa shape index (κ2) is 11.7. The van der Waals surface area contributed by atoms with Gasteiger partial charge in [0.15, 0.2) is 0 Å². The topological polar surface area (TPSA) is 45.6 Å². The van der Waals surface area contributed by atoms with E-state index in [-0.39, 0.29) is 20.2 Å². The van der Waals surface area contributed by atoms with E-state index in [1.807, 2.05) is 12.3 Å². The number of aryl methyl sites for hydroxylation is 1. The molecule has 4 aromatic rings. The van der Waals surface area contributed by atoms with E-state index in [0.717, 1.165) is 56.6 Å². The van der Waals surface area contributed by atoms with Gasteiger partial charge in [-0.05, 0) is 113 Å². The summed E-state index contributed by atoms with van der Waals surface area (Å²) in [6.45, 7) is 2.36. The van der Waals surface area contributed by atoms with Crippen LogP contribution in [0.5, 0.6) is 11.5 Å². The Labute approximate surface area is 228 Å². The third-order valence-electron chi connectivity index (χ3n) is 7.52. The first kappa shape index (κ1) is 26.4. The molecular formula is C32H35FN2O2S. The number of rotatable bonds is 7. The first-order valence-electron chi connectivity index (χ1n) is 13.1. The lowest BCUT2D eigenvalue weighted by Gasteiger charge is -2.19. The number of aromatic hydroxyl groups is 1. The van der Waals surface area contributed by atoms with Crippen molar-refractivity contribution in [3.63, 3.8) is 0 Å². The van der Waals surface area contributed by atoms with Gasteiger partial charge >= 0.3 is 0 Å². The number of benzene rings is 3. The Morgan fingerprint density at radius 3 is 2.71 bits per heavy atom. The van der Waals surface area contributed by atoms with Gasteiger partial charge in [0.1, 0.15) is 17.6 Å². The summed E-state index contributed by atoms with van der Waals surface area (Å²) in [5, 5.41) is 11.4. The van der Waals surface area contributed by atoms with Crippen LogP contribution in [0.4, 0.5) is 4.39 Å². The SMILES string of the molecule is C.Oc1ccc2c(c1)CCCC(c1ccc3sncc3c1)=C2c1ccc(O[C@H]2CCN(CCCF)C2)cc1. The van der Waals surface area contributed by atoms with Crippen molar-refractivity contribution >= 4 is 32.8 Å². The molecule has 6 heteroatoms. The quantitative estimate of drug-likeness (QED) is 0.265. The van der Waals surface area contributed by atoms with Crippen LogP contribution in [0.3, 0.4) is 0 Å². The molecule has 4 nitrogen and oxygen atoms in total. The molecule has 1 N–H and O–H groups in total. The number of alkyl halides is 1. The zero-order valence-corrected chi connectivity index (χ0v) is 21.6. The molecule has 0 amide bonds. The second-order valence-corrected chi connectivity index (χ2v) is 10.9. The summed E-state index contributed by atoms with van der Waals surface area (Å²) in [5.74, 6) is 1.18. The third-order valence-corrected chi connectivity index (χ3v) is 8.30. The van der Waals surface area contributed by atoms with E-state index in [4.69, 9.17) is 4.74 Å². The summed E-state index contributed by atoms with van der Waals surface area (Å²) in [5.41, 5.74) is 7.29. The molecule has 0 bridgehead atoms. The number of halogens is 1. The molecule has 6 rings (SSSR count). The van der Waals surface area contributed by atoms with Gasteiger partial charge in [-0.1, -0.05) is 31.7 Å². The maximum absolute atomic E-state index is 12.5. The smallest absolute Gasteiger partial charge is 0.119 e. The van der Waals surface area contributed by atoms with E-state index in [2.05, 4.69) is 57.8 Å². The fraction of sp³-hybridized carbons (Fsp3) is 0.344. The zero-order chi connectivity index (χ0) is 25.2. The monoisotopic (exact) mass is 530 g/mol. The van der Waals surface area contributed by atoms with Gasteiger partial charge in [0.05, 0.1) is 11.4 Å². The number of nitrogens with zero attached hydrogens (tertiary/aromatic N) is 2. The maximum Gasteiger partial charge on any atom is 0.119 e. The first-order chi connectivity index (χ1) is 18.2. The van der Waals surface area contributed by atoms with Crippen molar-refractivity contribution in [2.75, 3.05) is 26.3 Å². The molecule has 0 saturated carbocycles. The van der Waals surface area contributed by atoms with Crippen LogP contribution in [0.1, 0.15) is 55.4 Å². The van der Waals surface area contributed by atoms with Gasteiger partial charge in [0, 0.05) is 31.2 Å². The van der Waals surface area contributed by atoms with E-state index >= 15 is 0 Å². The minimum atomic E-state index is -0.262. The minimum absolute atomic E-state index is 0. The lowest BCUT2D eigenvalue weighted by Crippen LogP contribution is -2.26. The zero-order valence-electron chi connectivity index (χ0n) is 20.8. The summed E-state index contributed by atoms with van der Waals surface area (Å²) in [6, 6.07) is 20.9. The summed E-state index contributed by atoms with van der Waals surface area (Å²) >= 11 is 1.52. The van der Waals surface area contributed by atoms with Crippen LogP contribution in [0, 0.1) is 0 Å². The number of ether oxygens (including phenoxy) is 1. The molecule has 3 aromatic carbocycles. The second-order valence-electron chi connectivity index (χ2n) is 10.0. The average Bonchev–Trinajstić information content (AvgIpc) is 3.53. The standard InChI is InChI=1S/C31H31FN2O2S.CH4/c32-14-2-15-34-16-13-27(20-34)36-26-9-5-21(6-10-26)31-28(23-7-12-30-24(17-23)19-33-37-30)4-1-3-22-18-25(35)8-11-29(22)31;/h5-12,17-19,27,35H,1-4,13-16,20H2;1H4/t27-;/m0./s1. The minimum Gasteiger partial charge on any atom is -0.508 e. The van der Waals surface area contributed by atoms with Gasteiger partial charge in [0.2, 0.25) is 0 Å². The highest BCUT2D eigenvalue weighted by Gasteiger charge is 2.24. The van der Waals surface area contributed by atoms with E-state index in [1.54, 1.807) is 6.07 Å². The molecule has 1 aliphatic carbocycles. The molecule has 0 spiro atoms. The largest absolute Gasteiger partial charge is 0.508 e. The molecule has 1 aliphatic heterocycles. The summed E-state index contributed by atoms with van der Waals surface area (Å²) in [6.07, 6.45) is 6.57. The van der Waals surface area contributed by atoms with Crippen molar-refractivity contribution in [2.24, 2.45) is 0 Å². The highest BCUT2D eigenvalue weighted by Crippen LogP contribution is 2.41. The van der Waals surface area contributed by atoms with Crippen LogP contribution in [0.2, 0.25) is 0 Å². The van der Waals surface area contributed by atoms with Crippen molar-refractivity contribution in [1.29, 1.82) is 0 Å². The van der Waals surface area contributed by atoms with Gasteiger partial charge in [-0.2, -0.15) is 4.37 Å². The number of phenols is 1. The van der Waals surface area contributed by atoms with Crippen molar-refractivity contribution in [3.05, 3.63) is 89.1 Å². The number of phenolic OH excluding ortho intramolecular Hbond substituents is 1. The van der Waals surface area contributed by atoms with Crippen LogP contribution < -0.4 is 4.74 Å². The molecule has 0 radical (unpaired) electrons. The molecule has 198 valence electrons. The van der Waals surface area contributed by atoms with Crippen molar-refractivity contribution < 1.29 is 14.2 Å². The summed E-state index contributed by atoms with van der Waals surface area (Å²) < 4.78 is 24.4. The normalized spacial score (nSPS) is 17.8. The maximum atomic E-state index is 12.5. The van der Waals surface area contributed by atoms with Gasteiger partial charge in [-0.3, -0.25) is 9.29 Å². The average molecular weight is 531 g/mol. The molecule has 1 saturated heterocycles. The van der Waals surface area contributed by atoms with Gasteiger partial charge in [-0.25, -0.2) is 0 Å². The van der Waals surface area contributed by atoms with Gasteiger partial charge < -0.3 is 9.84 Å². The molecule has 0 unspecified atom stereocenters. The Morgan fingerprint density at radius 2 is 1.87 bits per heavy atom. The van der Waals surface area contributed by atoms with Crippen molar-refractivity contribution in [2.45, 2.75) is 45.6 Å². The fourth-order valence-corrected chi connectivity index (χ4v) is 6.35. The summed E-state index contributed by atoms with van der Waals surface area (Å²) in [4.78, 5) is 2.29. The first-order valence-corrected chi connectivity index (χ1v) is 13.9. The van der Waals surface area contributed by atoms with E-state index in [1.165, 1.54) is 49.5 Å². The summed E-state index contributed by atoms with van der Waals surface area (Å²) in [7, 11) is 0. The fourth-order valence-electron chi connectivity index (χ4n) is 5.72. The van der Waals surface area contributed by atoms with E-state index in [9.17, 15) is 9.50 Å². The van der Waals surface area contributed by atoms with E-state index in [0.29, 0.717) is 12.2 Å². The predicted octanol–water partition coefficient (Wildman–Crippen LogP) is 7.75. The number of fused-ring (bicyclic) bond motifs is 2. The number of hydrogen-bond acceptors (Lipinski definition) is 5. The van der Waals surface area contributed by atoms with Crippen LogP contribution in [-0.4, -0.2) is 46.8 Å². The highest BCUT2D eigenvalue weighted by molar-refractivity contribution is 7.13. The Hall–Kier alpha value is -3.22. The molecule has 2 heterocycles. The number of aromatic nitrogens is 1. The third kappa shape index (κ3) is 5.47.